The van der Waals surface area contributed by atoms with Crippen LogP contribution in [-0.4, -0.2) is 31.5 Å². The zero-order valence-corrected chi connectivity index (χ0v) is 15.5. The maximum Gasteiger partial charge on any atom is 0.221 e. The summed E-state index contributed by atoms with van der Waals surface area (Å²) in [6.45, 7) is 10.6. The predicted molar refractivity (Wildman–Crippen MR) is 103 cm³/mol. The molecule has 0 radical (unpaired) electrons. The van der Waals surface area contributed by atoms with Crippen LogP contribution in [0.2, 0.25) is 0 Å². The Morgan fingerprint density at radius 3 is 2.29 bits per heavy atom. The molecule has 0 aliphatic rings. The number of hydrogen-bond acceptors (Lipinski definition) is 2. The molecule has 5 nitrogen and oxygen atoms in total. The van der Waals surface area contributed by atoms with Gasteiger partial charge in [0.25, 0.3) is 0 Å². The van der Waals surface area contributed by atoms with Crippen molar-refractivity contribution < 1.29 is 4.79 Å². The molecule has 0 aliphatic carbocycles. The van der Waals surface area contributed by atoms with Crippen molar-refractivity contribution in [2.45, 2.75) is 47.0 Å². The molecule has 1 aromatic rings. The predicted octanol–water partition coefficient (Wildman–Crippen LogP) is 3.18. The Labute approximate surface area is 146 Å². The molecule has 0 fully saturated rings. The highest BCUT2D eigenvalue weighted by Gasteiger charge is 2.04. The fourth-order valence-electron chi connectivity index (χ4n) is 2.39. The van der Waals surface area contributed by atoms with E-state index >= 15 is 0 Å². The van der Waals surface area contributed by atoms with Gasteiger partial charge in [0.15, 0.2) is 5.96 Å². The summed E-state index contributed by atoms with van der Waals surface area (Å²) in [7, 11) is 0. The molecule has 1 rings (SSSR count). The molecule has 0 bridgehead atoms. The van der Waals surface area contributed by atoms with Gasteiger partial charge in [0.2, 0.25) is 5.91 Å². The van der Waals surface area contributed by atoms with Crippen molar-refractivity contribution >= 4 is 17.6 Å². The van der Waals surface area contributed by atoms with Gasteiger partial charge in [-0.25, -0.2) is 0 Å². The topological polar surface area (TPSA) is 65.5 Å². The first-order valence-electron chi connectivity index (χ1n) is 8.97. The van der Waals surface area contributed by atoms with Crippen LogP contribution < -0.4 is 16.0 Å². The van der Waals surface area contributed by atoms with Crippen LogP contribution in [-0.2, 0) is 11.2 Å². The molecule has 0 unspecified atom stereocenters. The number of carbonyl (C=O) groups is 1. The van der Waals surface area contributed by atoms with Crippen LogP contribution in [0.5, 0.6) is 0 Å². The summed E-state index contributed by atoms with van der Waals surface area (Å²) < 4.78 is 0. The van der Waals surface area contributed by atoms with Crippen molar-refractivity contribution in [3.8, 4) is 0 Å². The molecule has 24 heavy (non-hydrogen) atoms. The molecule has 0 aromatic heterocycles. The molecular formula is C19H32N4O. The molecular weight excluding hydrogens is 300 g/mol. The highest BCUT2D eigenvalue weighted by atomic mass is 16.1. The summed E-state index contributed by atoms with van der Waals surface area (Å²) in [4.78, 5) is 15.7. The number of aliphatic imine (C=N–C) groups is 1. The highest BCUT2D eigenvalue weighted by Crippen LogP contribution is 2.10. The molecule has 0 heterocycles. The minimum atomic E-state index is -0.0478. The fraction of sp³-hybridized carbons (Fsp3) is 0.579. The van der Waals surface area contributed by atoms with E-state index < -0.39 is 0 Å². The van der Waals surface area contributed by atoms with Crippen molar-refractivity contribution in [2.75, 3.05) is 25.0 Å². The highest BCUT2D eigenvalue weighted by molar-refractivity contribution is 5.88. The van der Waals surface area contributed by atoms with Crippen LogP contribution >= 0.6 is 0 Å². The van der Waals surface area contributed by atoms with Crippen molar-refractivity contribution in [3.63, 3.8) is 0 Å². The third-order valence-electron chi connectivity index (χ3n) is 3.99. The second-order valence-electron chi connectivity index (χ2n) is 5.96. The number of carbonyl (C=O) groups excluding carboxylic acids is 1. The van der Waals surface area contributed by atoms with E-state index in [4.69, 9.17) is 0 Å². The lowest BCUT2D eigenvalue weighted by Crippen LogP contribution is -2.38. The maximum atomic E-state index is 11.0. The standard InChI is InChI=1S/C19H32N4O/c1-5-16(6-2)14-22-19(20-7-3)21-13-12-17-8-10-18(11-9-17)23-15(4)24/h8-11,16H,5-7,12-14H2,1-4H3,(H,23,24)(H2,20,21,22). The first kappa shape index (κ1) is 20.0. The van der Waals surface area contributed by atoms with Gasteiger partial charge in [0.05, 0.1) is 0 Å². The molecule has 1 aromatic carbocycles. The summed E-state index contributed by atoms with van der Waals surface area (Å²) in [5.74, 6) is 1.49. The molecule has 0 spiro atoms. The third kappa shape index (κ3) is 7.99. The summed E-state index contributed by atoms with van der Waals surface area (Å²) in [5.41, 5.74) is 2.06. The fourth-order valence-corrected chi connectivity index (χ4v) is 2.39. The molecule has 0 saturated carbocycles. The molecule has 1 amide bonds. The lowest BCUT2D eigenvalue weighted by molar-refractivity contribution is -0.114. The van der Waals surface area contributed by atoms with Gasteiger partial charge in [-0.15, -0.1) is 0 Å². The van der Waals surface area contributed by atoms with E-state index in [-0.39, 0.29) is 5.91 Å². The normalized spacial score (nSPS) is 11.5. The number of nitrogens with one attached hydrogen (secondary N) is 3. The molecule has 3 N–H and O–H groups in total. The largest absolute Gasteiger partial charge is 0.357 e. The molecule has 0 aliphatic heterocycles. The summed E-state index contributed by atoms with van der Waals surface area (Å²) in [6, 6.07) is 7.95. The SMILES string of the molecule is CCNC(=NCC(CC)CC)NCCc1ccc(NC(C)=O)cc1. The van der Waals surface area contributed by atoms with E-state index in [0.717, 1.165) is 37.7 Å². The zero-order chi connectivity index (χ0) is 17.8. The van der Waals surface area contributed by atoms with Crippen LogP contribution in [0.4, 0.5) is 5.69 Å². The Kier molecular flexibility index (Phi) is 9.58. The molecule has 0 saturated heterocycles. The van der Waals surface area contributed by atoms with Gasteiger partial charge in [0.1, 0.15) is 0 Å². The lowest BCUT2D eigenvalue weighted by Gasteiger charge is -2.14. The Balaban J connectivity index is 2.46. The maximum absolute atomic E-state index is 11.0. The minimum Gasteiger partial charge on any atom is -0.357 e. The number of guanidine groups is 1. The Hall–Kier alpha value is -2.04. The molecule has 5 heteroatoms. The van der Waals surface area contributed by atoms with E-state index in [9.17, 15) is 4.79 Å². The smallest absolute Gasteiger partial charge is 0.221 e. The molecule has 0 atom stereocenters. The lowest BCUT2D eigenvalue weighted by atomic mass is 10.0. The summed E-state index contributed by atoms with van der Waals surface area (Å²) >= 11 is 0. The number of hydrogen-bond donors (Lipinski definition) is 3. The third-order valence-corrected chi connectivity index (χ3v) is 3.99. The van der Waals surface area contributed by atoms with Crippen LogP contribution in [0.25, 0.3) is 0 Å². The van der Waals surface area contributed by atoms with Crippen LogP contribution in [0, 0.1) is 5.92 Å². The summed E-state index contributed by atoms with van der Waals surface area (Å²) in [5, 5.41) is 9.46. The van der Waals surface area contributed by atoms with Gasteiger partial charge < -0.3 is 16.0 Å². The van der Waals surface area contributed by atoms with E-state index in [0.29, 0.717) is 5.92 Å². The quantitative estimate of drug-likeness (QED) is 0.481. The monoisotopic (exact) mass is 332 g/mol. The number of amides is 1. The second kappa shape index (κ2) is 11.5. The Bertz CT molecular complexity index is 507. The van der Waals surface area contributed by atoms with Gasteiger partial charge in [-0.3, -0.25) is 9.79 Å². The minimum absolute atomic E-state index is 0.0478. The zero-order valence-electron chi connectivity index (χ0n) is 15.5. The van der Waals surface area contributed by atoms with Gasteiger partial charge in [-0.05, 0) is 37.0 Å². The van der Waals surface area contributed by atoms with Crippen LogP contribution in [0.3, 0.4) is 0 Å². The van der Waals surface area contributed by atoms with Crippen LogP contribution in [0.1, 0.15) is 46.1 Å². The number of nitrogens with zero attached hydrogens (tertiary/aromatic N) is 1. The van der Waals surface area contributed by atoms with Crippen molar-refractivity contribution in [3.05, 3.63) is 29.8 Å². The summed E-state index contributed by atoms with van der Waals surface area (Å²) in [6.07, 6.45) is 3.25. The van der Waals surface area contributed by atoms with Gasteiger partial charge in [-0.2, -0.15) is 0 Å². The van der Waals surface area contributed by atoms with Gasteiger partial charge in [-0.1, -0.05) is 38.8 Å². The Morgan fingerprint density at radius 2 is 1.75 bits per heavy atom. The Morgan fingerprint density at radius 1 is 1.08 bits per heavy atom. The average Bonchev–Trinajstić information content (AvgIpc) is 2.56. The number of rotatable bonds is 9. The van der Waals surface area contributed by atoms with E-state index in [1.165, 1.54) is 25.3 Å². The average molecular weight is 332 g/mol. The van der Waals surface area contributed by atoms with Crippen LogP contribution in [0.15, 0.2) is 29.3 Å². The number of benzene rings is 1. The van der Waals surface area contributed by atoms with Gasteiger partial charge in [0, 0.05) is 32.2 Å². The molecule has 134 valence electrons. The first-order chi connectivity index (χ1) is 11.6. The second-order valence-corrected chi connectivity index (χ2v) is 5.96. The van der Waals surface area contributed by atoms with E-state index in [1.807, 2.05) is 24.3 Å². The number of anilines is 1. The van der Waals surface area contributed by atoms with E-state index in [1.54, 1.807) is 0 Å². The first-order valence-corrected chi connectivity index (χ1v) is 8.97. The van der Waals surface area contributed by atoms with Gasteiger partial charge >= 0.3 is 0 Å². The van der Waals surface area contributed by atoms with Crippen molar-refractivity contribution in [2.24, 2.45) is 10.9 Å². The van der Waals surface area contributed by atoms with Crippen molar-refractivity contribution in [1.82, 2.24) is 10.6 Å². The van der Waals surface area contributed by atoms with E-state index in [2.05, 4.69) is 41.7 Å². The van der Waals surface area contributed by atoms with Crippen molar-refractivity contribution in [1.29, 1.82) is 0 Å².